The van der Waals surface area contributed by atoms with Crippen molar-refractivity contribution < 1.29 is 5.48 Å². The molecule has 0 aromatic rings. The molecule has 0 aliphatic heterocycles. The van der Waals surface area contributed by atoms with Gasteiger partial charge in [0.2, 0.25) is 0 Å². The second-order valence-electron chi connectivity index (χ2n) is 4.18. The summed E-state index contributed by atoms with van der Waals surface area (Å²) in [6, 6.07) is 0. The number of rotatable bonds is 5. The highest BCUT2D eigenvalue weighted by Gasteiger charge is 2.31. The van der Waals surface area contributed by atoms with Gasteiger partial charge in [-0.25, -0.2) is 0 Å². The average Bonchev–Trinajstić information content (AvgIpc) is 2.72. The third kappa shape index (κ3) is 5.69. The maximum Gasteiger partial charge on any atom is -0.0139 e. The van der Waals surface area contributed by atoms with Crippen LogP contribution in [-0.2, 0) is 0 Å². The summed E-state index contributed by atoms with van der Waals surface area (Å²) in [6.07, 6.45) is 13.8. The maximum absolute atomic E-state index is 3.94. The van der Waals surface area contributed by atoms with Gasteiger partial charge in [-0.05, 0) is 43.4 Å². The Hall–Kier alpha value is -1.08. The van der Waals surface area contributed by atoms with Gasteiger partial charge in [-0.2, -0.15) is 0 Å². The van der Waals surface area contributed by atoms with Gasteiger partial charge < -0.3 is 5.48 Å². The second kappa shape index (κ2) is 11.4. The van der Waals surface area contributed by atoms with Gasteiger partial charge in [0.1, 0.15) is 0 Å². The zero-order chi connectivity index (χ0) is 12.4. The molecule has 0 aromatic carbocycles. The van der Waals surface area contributed by atoms with Gasteiger partial charge >= 0.3 is 0 Å². The molecule has 1 fully saturated rings. The Morgan fingerprint density at radius 2 is 1.82 bits per heavy atom. The number of hydrogen-bond acceptors (Lipinski definition) is 0. The molecular formula is C16H28O. The first-order chi connectivity index (χ1) is 7.83. The fraction of sp³-hybridized carbons (Fsp3) is 0.500. The summed E-state index contributed by atoms with van der Waals surface area (Å²) in [6.45, 7) is 16.0. The first kappa shape index (κ1) is 18.3. The Kier molecular flexibility index (Phi) is 12.3. The molecule has 17 heavy (non-hydrogen) atoms. The molecule has 0 unspecified atom stereocenters. The van der Waals surface area contributed by atoms with Gasteiger partial charge in [0.25, 0.3) is 0 Å². The molecule has 1 nitrogen and oxygen atoms in total. The van der Waals surface area contributed by atoms with E-state index in [1.54, 1.807) is 0 Å². The molecule has 1 rings (SSSR count). The van der Waals surface area contributed by atoms with Crippen LogP contribution in [0.4, 0.5) is 0 Å². The molecule has 3 atom stereocenters. The van der Waals surface area contributed by atoms with Crippen LogP contribution in [0.15, 0.2) is 50.6 Å². The van der Waals surface area contributed by atoms with Crippen LogP contribution in [0, 0.1) is 17.8 Å². The molecule has 2 N–H and O–H groups in total. The molecule has 1 saturated carbocycles. The van der Waals surface area contributed by atoms with Crippen LogP contribution in [-0.4, -0.2) is 5.48 Å². The lowest BCUT2D eigenvalue weighted by atomic mass is 9.87. The van der Waals surface area contributed by atoms with Crippen LogP contribution in [0.3, 0.4) is 0 Å². The smallest absolute Gasteiger partial charge is 0.0139 e. The van der Waals surface area contributed by atoms with Crippen molar-refractivity contribution in [1.82, 2.24) is 0 Å². The van der Waals surface area contributed by atoms with Crippen molar-refractivity contribution in [1.29, 1.82) is 0 Å². The molecule has 0 radical (unpaired) electrons. The quantitative estimate of drug-likeness (QED) is 0.636. The van der Waals surface area contributed by atoms with Gasteiger partial charge in [-0.3, -0.25) is 0 Å². The van der Waals surface area contributed by atoms with Gasteiger partial charge in [-0.15, -0.1) is 26.3 Å². The predicted octanol–water partition coefficient (Wildman–Crippen LogP) is 4.33. The number of allylic oxidation sites excluding steroid dienone is 4. The summed E-state index contributed by atoms with van der Waals surface area (Å²) < 4.78 is 0. The van der Waals surface area contributed by atoms with E-state index in [4.69, 9.17) is 0 Å². The van der Waals surface area contributed by atoms with E-state index < -0.39 is 0 Å². The standard InChI is InChI=1S/C14H22.C2H4.H2O/c1-4-7-9-14-12(6-3)10-11-13(14)8-5-2;1-2;/h5-7,9,12-14H,2-4,8,10-11H2,1H3;1-2H2;1H2/b9-7+;;/t12-,13+,14+;;/m1../s1. The summed E-state index contributed by atoms with van der Waals surface area (Å²) in [4.78, 5) is 0. The van der Waals surface area contributed by atoms with Crippen molar-refractivity contribution in [2.24, 2.45) is 17.8 Å². The van der Waals surface area contributed by atoms with E-state index >= 15 is 0 Å². The normalized spacial score (nSPS) is 26.8. The van der Waals surface area contributed by atoms with Crippen molar-refractivity contribution in [3.8, 4) is 0 Å². The minimum Gasteiger partial charge on any atom is -0.412 e. The molecule has 1 heteroatoms. The van der Waals surface area contributed by atoms with E-state index in [2.05, 4.69) is 57.5 Å². The summed E-state index contributed by atoms with van der Waals surface area (Å²) in [5, 5.41) is 0. The Morgan fingerprint density at radius 1 is 1.18 bits per heavy atom. The SMILES string of the molecule is C=C.C=CC[C@H]1CC[C@@H](C=C)[C@@H]1/C=C/CC.O. The molecule has 0 amide bonds. The predicted molar refractivity (Wildman–Crippen MR) is 79.0 cm³/mol. The van der Waals surface area contributed by atoms with E-state index in [0.717, 1.165) is 18.8 Å². The minimum absolute atomic E-state index is 0. The lowest BCUT2D eigenvalue weighted by molar-refractivity contribution is 0.425. The maximum atomic E-state index is 3.94. The lowest BCUT2D eigenvalue weighted by Gasteiger charge is -2.18. The van der Waals surface area contributed by atoms with E-state index in [1.807, 2.05) is 0 Å². The zero-order valence-corrected chi connectivity index (χ0v) is 11.2. The van der Waals surface area contributed by atoms with E-state index in [0.29, 0.717) is 11.8 Å². The second-order valence-corrected chi connectivity index (χ2v) is 4.18. The third-order valence-electron chi connectivity index (χ3n) is 3.28. The fourth-order valence-corrected chi connectivity index (χ4v) is 2.50. The van der Waals surface area contributed by atoms with Gasteiger partial charge in [0.15, 0.2) is 0 Å². The molecule has 0 bridgehead atoms. The van der Waals surface area contributed by atoms with Crippen molar-refractivity contribution in [3.63, 3.8) is 0 Å². The Morgan fingerprint density at radius 3 is 2.29 bits per heavy atom. The molecule has 0 heterocycles. The van der Waals surface area contributed by atoms with Crippen molar-refractivity contribution in [2.75, 3.05) is 0 Å². The Bertz CT molecular complexity index is 230. The molecule has 1 aliphatic carbocycles. The van der Waals surface area contributed by atoms with E-state index in [9.17, 15) is 0 Å². The van der Waals surface area contributed by atoms with E-state index in [1.165, 1.54) is 12.8 Å². The average molecular weight is 236 g/mol. The zero-order valence-electron chi connectivity index (χ0n) is 11.2. The highest BCUT2D eigenvalue weighted by Crippen LogP contribution is 2.40. The highest BCUT2D eigenvalue weighted by molar-refractivity contribution is 5.04. The van der Waals surface area contributed by atoms with Crippen molar-refractivity contribution in [2.45, 2.75) is 32.6 Å². The highest BCUT2D eigenvalue weighted by atomic mass is 16.0. The largest absolute Gasteiger partial charge is 0.412 e. The number of hydrogen-bond donors (Lipinski definition) is 0. The summed E-state index contributed by atoms with van der Waals surface area (Å²) >= 11 is 0. The van der Waals surface area contributed by atoms with Crippen LogP contribution in [0.2, 0.25) is 0 Å². The molecule has 0 aromatic heterocycles. The van der Waals surface area contributed by atoms with E-state index in [-0.39, 0.29) is 5.48 Å². The van der Waals surface area contributed by atoms with Gasteiger partial charge in [0.05, 0.1) is 0 Å². The molecule has 1 aliphatic rings. The molecular weight excluding hydrogens is 208 g/mol. The summed E-state index contributed by atoms with van der Waals surface area (Å²) in [5.41, 5.74) is 0. The molecule has 98 valence electrons. The fourth-order valence-electron chi connectivity index (χ4n) is 2.50. The monoisotopic (exact) mass is 236 g/mol. The Labute approximate surface area is 107 Å². The first-order valence-corrected chi connectivity index (χ1v) is 6.23. The topological polar surface area (TPSA) is 31.5 Å². The first-order valence-electron chi connectivity index (χ1n) is 6.23. The summed E-state index contributed by atoms with van der Waals surface area (Å²) in [5.74, 6) is 2.21. The molecule has 0 saturated heterocycles. The minimum atomic E-state index is 0. The van der Waals surface area contributed by atoms with Crippen LogP contribution < -0.4 is 0 Å². The molecule has 0 spiro atoms. The van der Waals surface area contributed by atoms with Gasteiger partial charge in [0, 0.05) is 0 Å². The van der Waals surface area contributed by atoms with Gasteiger partial charge in [-0.1, -0.05) is 31.2 Å². The van der Waals surface area contributed by atoms with Crippen molar-refractivity contribution in [3.05, 3.63) is 50.6 Å². The summed E-state index contributed by atoms with van der Waals surface area (Å²) in [7, 11) is 0. The van der Waals surface area contributed by atoms with Crippen LogP contribution in [0.1, 0.15) is 32.6 Å². The lowest BCUT2D eigenvalue weighted by Crippen LogP contribution is -2.10. The Balaban J connectivity index is 0. The van der Waals surface area contributed by atoms with Crippen molar-refractivity contribution >= 4 is 0 Å². The third-order valence-corrected chi connectivity index (χ3v) is 3.28. The van der Waals surface area contributed by atoms with Crippen LogP contribution in [0.5, 0.6) is 0 Å². The van der Waals surface area contributed by atoms with Crippen LogP contribution >= 0.6 is 0 Å². The van der Waals surface area contributed by atoms with Crippen LogP contribution in [0.25, 0.3) is 0 Å².